The summed E-state index contributed by atoms with van der Waals surface area (Å²) in [6.45, 7) is 2.66. The third-order valence-corrected chi connectivity index (χ3v) is 3.39. The highest BCUT2D eigenvalue weighted by Gasteiger charge is 2.02. The van der Waals surface area contributed by atoms with Gasteiger partial charge in [-0.2, -0.15) is 0 Å². The minimum absolute atomic E-state index is 0.556. The van der Waals surface area contributed by atoms with Crippen LogP contribution in [0.1, 0.15) is 11.1 Å². The van der Waals surface area contributed by atoms with Crippen LogP contribution in [-0.4, -0.2) is 0 Å². The van der Waals surface area contributed by atoms with Crippen LogP contribution >= 0.6 is 15.9 Å². The Morgan fingerprint density at radius 2 is 1.81 bits per heavy atom. The first-order chi connectivity index (χ1) is 7.70. The van der Waals surface area contributed by atoms with Gasteiger partial charge >= 0.3 is 0 Å². The zero-order valence-electron chi connectivity index (χ0n) is 9.20. The molecule has 2 aromatic rings. The molecule has 2 aromatic carbocycles. The highest BCUT2D eigenvalue weighted by molar-refractivity contribution is 9.10. The molecule has 2 heteroatoms. The smallest absolute Gasteiger partial charge is 0.0220 e. The van der Waals surface area contributed by atoms with Crippen LogP contribution in [0, 0.1) is 6.92 Å². The zero-order chi connectivity index (χ0) is 11.5. The van der Waals surface area contributed by atoms with Gasteiger partial charge < -0.3 is 5.73 Å². The first-order valence-corrected chi connectivity index (χ1v) is 6.05. The average molecular weight is 276 g/mol. The van der Waals surface area contributed by atoms with E-state index in [1.165, 1.54) is 16.7 Å². The molecule has 0 atom stereocenters. The molecule has 0 aromatic heterocycles. The van der Waals surface area contributed by atoms with Crippen LogP contribution in [0.4, 0.5) is 0 Å². The molecule has 0 radical (unpaired) electrons. The van der Waals surface area contributed by atoms with E-state index < -0.39 is 0 Å². The first-order valence-electron chi connectivity index (χ1n) is 5.26. The Balaban J connectivity index is 2.48. The summed E-state index contributed by atoms with van der Waals surface area (Å²) in [5, 5.41) is 0. The number of benzene rings is 2. The molecular formula is C14H14BrN. The molecule has 0 unspecified atom stereocenters. The Morgan fingerprint density at radius 1 is 1.06 bits per heavy atom. The lowest BCUT2D eigenvalue weighted by molar-refractivity contribution is 1.06. The average Bonchev–Trinajstić information content (AvgIpc) is 2.29. The second kappa shape index (κ2) is 4.81. The van der Waals surface area contributed by atoms with Crippen molar-refractivity contribution in [1.29, 1.82) is 0 Å². The van der Waals surface area contributed by atoms with Crippen molar-refractivity contribution in [3.05, 3.63) is 58.1 Å². The molecule has 16 heavy (non-hydrogen) atoms. The standard InChI is InChI=1S/C14H14BrN/c1-10-3-2-4-11(7-10)12-5-6-14(15)13(8-12)9-16/h2-8H,9,16H2,1H3. The lowest BCUT2D eigenvalue weighted by Gasteiger charge is -2.07. The van der Waals surface area contributed by atoms with Crippen LogP contribution < -0.4 is 5.73 Å². The van der Waals surface area contributed by atoms with Crippen LogP contribution in [-0.2, 0) is 6.54 Å². The number of halogens is 1. The quantitative estimate of drug-likeness (QED) is 0.885. The number of rotatable bonds is 2. The molecule has 0 saturated carbocycles. The largest absolute Gasteiger partial charge is 0.326 e. The van der Waals surface area contributed by atoms with Gasteiger partial charge in [0.15, 0.2) is 0 Å². The monoisotopic (exact) mass is 275 g/mol. The third kappa shape index (κ3) is 2.34. The van der Waals surface area contributed by atoms with Gasteiger partial charge in [-0.25, -0.2) is 0 Å². The van der Waals surface area contributed by atoms with Crippen molar-refractivity contribution in [2.45, 2.75) is 13.5 Å². The predicted molar refractivity (Wildman–Crippen MR) is 72.2 cm³/mol. The van der Waals surface area contributed by atoms with Gasteiger partial charge in [-0.1, -0.05) is 51.8 Å². The number of hydrogen-bond acceptors (Lipinski definition) is 1. The summed E-state index contributed by atoms with van der Waals surface area (Å²) in [6, 6.07) is 14.8. The highest BCUT2D eigenvalue weighted by atomic mass is 79.9. The summed E-state index contributed by atoms with van der Waals surface area (Å²) >= 11 is 3.50. The van der Waals surface area contributed by atoms with E-state index in [1.54, 1.807) is 0 Å². The molecule has 0 spiro atoms. The normalized spacial score (nSPS) is 10.4. The van der Waals surface area contributed by atoms with E-state index in [1.807, 2.05) is 0 Å². The lowest BCUT2D eigenvalue weighted by Crippen LogP contribution is -1.97. The Labute approximate surface area is 104 Å². The minimum Gasteiger partial charge on any atom is -0.326 e. The molecule has 0 saturated heterocycles. The van der Waals surface area contributed by atoms with Crippen LogP contribution in [0.2, 0.25) is 0 Å². The molecule has 2 N–H and O–H groups in total. The fraction of sp³-hybridized carbons (Fsp3) is 0.143. The van der Waals surface area contributed by atoms with Gasteiger partial charge in [-0.3, -0.25) is 0 Å². The fourth-order valence-corrected chi connectivity index (χ4v) is 2.14. The van der Waals surface area contributed by atoms with Gasteiger partial charge in [0.05, 0.1) is 0 Å². The molecular weight excluding hydrogens is 262 g/mol. The number of nitrogens with two attached hydrogens (primary N) is 1. The van der Waals surface area contributed by atoms with Crippen LogP contribution in [0.15, 0.2) is 46.9 Å². The van der Waals surface area contributed by atoms with Gasteiger partial charge in [0.25, 0.3) is 0 Å². The molecule has 0 aliphatic heterocycles. The topological polar surface area (TPSA) is 26.0 Å². The third-order valence-electron chi connectivity index (χ3n) is 2.62. The molecule has 1 nitrogen and oxygen atoms in total. The maximum Gasteiger partial charge on any atom is 0.0220 e. The van der Waals surface area contributed by atoms with Gasteiger partial charge in [-0.05, 0) is 35.7 Å². The summed E-state index contributed by atoms with van der Waals surface area (Å²) < 4.78 is 1.08. The molecule has 0 aliphatic carbocycles. The van der Waals surface area contributed by atoms with E-state index in [0.717, 1.165) is 10.0 Å². The van der Waals surface area contributed by atoms with Crippen molar-refractivity contribution >= 4 is 15.9 Å². The summed E-state index contributed by atoms with van der Waals surface area (Å²) in [4.78, 5) is 0. The molecule has 0 heterocycles. The maximum absolute atomic E-state index is 5.70. The maximum atomic E-state index is 5.70. The van der Waals surface area contributed by atoms with Crippen molar-refractivity contribution in [2.24, 2.45) is 5.73 Å². The molecule has 0 bridgehead atoms. The number of aryl methyl sites for hydroxylation is 1. The van der Waals surface area contributed by atoms with Gasteiger partial charge in [0, 0.05) is 11.0 Å². The fourth-order valence-electron chi connectivity index (χ4n) is 1.74. The van der Waals surface area contributed by atoms with Gasteiger partial charge in [0.2, 0.25) is 0 Å². The lowest BCUT2D eigenvalue weighted by atomic mass is 10.0. The second-order valence-electron chi connectivity index (χ2n) is 3.88. The molecule has 82 valence electrons. The Hall–Kier alpha value is -1.12. The van der Waals surface area contributed by atoms with Crippen molar-refractivity contribution in [3.63, 3.8) is 0 Å². The summed E-state index contributed by atoms with van der Waals surface area (Å²) in [6.07, 6.45) is 0. The predicted octanol–water partition coefficient (Wildman–Crippen LogP) is 3.88. The molecule has 0 aliphatic rings. The SMILES string of the molecule is Cc1cccc(-c2ccc(Br)c(CN)c2)c1. The van der Waals surface area contributed by atoms with Crippen LogP contribution in [0.3, 0.4) is 0 Å². The highest BCUT2D eigenvalue weighted by Crippen LogP contribution is 2.25. The van der Waals surface area contributed by atoms with Crippen molar-refractivity contribution in [1.82, 2.24) is 0 Å². The minimum atomic E-state index is 0.556. The Morgan fingerprint density at radius 3 is 2.50 bits per heavy atom. The Bertz CT molecular complexity index is 506. The van der Waals surface area contributed by atoms with Gasteiger partial charge in [0.1, 0.15) is 0 Å². The first kappa shape index (κ1) is 11.4. The van der Waals surface area contributed by atoms with E-state index in [4.69, 9.17) is 5.73 Å². The van der Waals surface area contributed by atoms with Crippen molar-refractivity contribution in [3.8, 4) is 11.1 Å². The molecule has 0 amide bonds. The zero-order valence-corrected chi connectivity index (χ0v) is 10.8. The van der Waals surface area contributed by atoms with E-state index in [0.29, 0.717) is 6.54 Å². The van der Waals surface area contributed by atoms with Gasteiger partial charge in [-0.15, -0.1) is 0 Å². The summed E-state index contributed by atoms with van der Waals surface area (Å²) in [7, 11) is 0. The van der Waals surface area contributed by atoms with Crippen LogP contribution in [0.25, 0.3) is 11.1 Å². The Kier molecular flexibility index (Phi) is 3.42. The van der Waals surface area contributed by atoms with E-state index in [9.17, 15) is 0 Å². The van der Waals surface area contributed by atoms with Crippen molar-refractivity contribution < 1.29 is 0 Å². The van der Waals surface area contributed by atoms with Crippen molar-refractivity contribution in [2.75, 3.05) is 0 Å². The number of hydrogen-bond donors (Lipinski definition) is 1. The molecule has 0 fully saturated rings. The van der Waals surface area contributed by atoms with E-state index >= 15 is 0 Å². The van der Waals surface area contributed by atoms with E-state index in [2.05, 4.69) is 65.3 Å². The molecule has 2 rings (SSSR count). The second-order valence-corrected chi connectivity index (χ2v) is 4.73. The van der Waals surface area contributed by atoms with E-state index in [-0.39, 0.29) is 0 Å². The summed E-state index contributed by atoms with van der Waals surface area (Å²) in [5.41, 5.74) is 10.6. The summed E-state index contributed by atoms with van der Waals surface area (Å²) in [5.74, 6) is 0. The van der Waals surface area contributed by atoms with Crippen LogP contribution in [0.5, 0.6) is 0 Å².